The topological polar surface area (TPSA) is 135 Å². The summed E-state index contributed by atoms with van der Waals surface area (Å²) in [5, 5.41) is 39.1. The number of allylic oxidation sites excluding steroid dienone is 2. The summed E-state index contributed by atoms with van der Waals surface area (Å²) < 4.78 is 21.7. The lowest BCUT2D eigenvalue weighted by Gasteiger charge is -2.39. The van der Waals surface area contributed by atoms with Crippen molar-refractivity contribution in [1.29, 1.82) is 0 Å². The molecule has 1 aliphatic rings. The maximum Gasteiger partial charge on any atom is 0.303 e. The second kappa shape index (κ2) is 23.6. The lowest BCUT2D eigenvalue weighted by Crippen LogP contribution is -2.59. The number of ether oxygens (including phenoxy) is 4. The molecule has 4 N–H and O–H groups in total. The van der Waals surface area contributed by atoms with Crippen LogP contribution in [0.25, 0.3) is 0 Å². The summed E-state index contributed by atoms with van der Waals surface area (Å²) in [6, 6.07) is 0. The van der Waals surface area contributed by atoms with Crippen LogP contribution in [0.2, 0.25) is 0 Å². The quantitative estimate of drug-likeness (QED) is 0.0779. The van der Waals surface area contributed by atoms with Crippen LogP contribution in [0.1, 0.15) is 110 Å². The van der Waals surface area contributed by atoms with Crippen LogP contribution in [0.5, 0.6) is 0 Å². The predicted molar refractivity (Wildman–Crippen MR) is 150 cm³/mol. The number of aliphatic hydroxyl groups is 4. The Bertz CT molecular complexity index is 613. The Morgan fingerprint density at radius 3 is 1.92 bits per heavy atom. The van der Waals surface area contributed by atoms with E-state index in [9.17, 15) is 25.2 Å². The maximum absolute atomic E-state index is 11.4. The molecule has 0 amide bonds. The molecule has 0 spiro atoms. The first kappa shape index (κ1) is 36.0. The van der Waals surface area contributed by atoms with Crippen LogP contribution in [-0.4, -0.2) is 89.6 Å². The Morgan fingerprint density at radius 2 is 1.36 bits per heavy atom. The standard InChI is InChI=1S/C30H56O9/c1-3-4-5-6-7-8-9-10-11-12-13-14-15-16-17-18-19-20-36-22-25(38-24(2)32)23-37-30-29(35)28(34)27(33)26(21-31)39-30/h11-12,25-31,33-35H,3-10,13-23H2,1-2H3/b12-11-. The van der Waals surface area contributed by atoms with Gasteiger partial charge in [-0.2, -0.15) is 0 Å². The molecule has 1 rings (SSSR count). The molecule has 0 aromatic carbocycles. The largest absolute Gasteiger partial charge is 0.458 e. The number of hydrogen-bond donors (Lipinski definition) is 4. The van der Waals surface area contributed by atoms with Gasteiger partial charge in [0, 0.05) is 13.5 Å². The number of aliphatic hydroxyl groups excluding tert-OH is 4. The Morgan fingerprint density at radius 1 is 0.795 bits per heavy atom. The van der Waals surface area contributed by atoms with Crippen molar-refractivity contribution in [2.75, 3.05) is 26.4 Å². The second-order valence-electron chi connectivity index (χ2n) is 10.6. The first-order valence-corrected chi connectivity index (χ1v) is 15.2. The van der Waals surface area contributed by atoms with Crippen molar-refractivity contribution in [3.63, 3.8) is 0 Å². The van der Waals surface area contributed by atoms with Crippen LogP contribution in [0.3, 0.4) is 0 Å². The summed E-state index contributed by atoms with van der Waals surface area (Å²) in [7, 11) is 0. The van der Waals surface area contributed by atoms with E-state index in [-0.39, 0.29) is 13.2 Å². The molecule has 0 saturated carbocycles. The average molecular weight is 561 g/mol. The SMILES string of the molecule is CCCCCCCCC/C=C\CCCCCCCCOCC(COC1OC(CO)C(O)C(O)C1O)OC(C)=O. The van der Waals surface area contributed by atoms with Crippen LogP contribution in [0.15, 0.2) is 12.2 Å². The minimum Gasteiger partial charge on any atom is -0.458 e. The molecular formula is C30H56O9. The Balaban J connectivity index is 2.05. The number of carbonyl (C=O) groups excluding carboxylic acids is 1. The number of esters is 1. The van der Waals surface area contributed by atoms with Gasteiger partial charge in [-0.3, -0.25) is 4.79 Å². The van der Waals surface area contributed by atoms with Crippen LogP contribution in [0.4, 0.5) is 0 Å². The van der Waals surface area contributed by atoms with Gasteiger partial charge in [0.25, 0.3) is 0 Å². The molecule has 0 aromatic rings. The molecule has 0 aromatic heterocycles. The van der Waals surface area contributed by atoms with Gasteiger partial charge in [0.2, 0.25) is 0 Å². The highest BCUT2D eigenvalue weighted by molar-refractivity contribution is 5.66. The van der Waals surface area contributed by atoms with E-state index in [2.05, 4.69) is 19.1 Å². The van der Waals surface area contributed by atoms with Gasteiger partial charge in [0.1, 0.15) is 30.5 Å². The predicted octanol–water partition coefficient (Wildman–Crippen LogP) is 4.18. The van der Waals surface area contributed by atoms with E-state index in [4.69, 9.17) is 18.9 Å². The van der Waals surface area contributed by atoms with Crippen molar-refractivity contribution in [3.8, 4) is 0 Å². The van der Waals surface area contributed by atoms with Crippen molar-refractivity contribution in [2.24, 2.45) is 0 Å². The maximum atomic E-state index is 11.4. The van der Waals surface area contributed by atoms with Crippen LogP contribution in [0, 0.1) is 0 Å². The Hall–Kier alpha value is -1.07. The molecule has 0 aliphatic carbocycles. The fourth-order valence-electron chi connectivity index (χ4n) is 4.60. The van der Waals surface area contributed by atoms with E-state index in [1.807, 2.05) is 0 Å². The van der Waals surface area contributed by atoms with Gasteiger partial charge >= 0.3 is 5.97 Å². The molecule has 39 heavy (non-hydrogen) atoms. The zero-order valence-electron chi connectivity index (χ0n) is 24.4. The highest BCUT2D eigenvalue weighted by Gasteiger charge is 2.44. The number of carbonyl (C=O) groups is 1. The fraction of sp³-hybridized carbons (Fsp3) is 0.900. The molecule has 9 nitrogen and oxygen atoms in total. The normalized spacial score (nSPS) is 24.3. The van der Waals surface area contributed by atoms with Gasteiger partial charge in [-0.25, -0.2) is 0 Å². The van der Waals surface area contributed by atoms with Crippen molar-refractivity contribution in [2.45, 2.75) is 147 Å². The number of rotatable bonds is 24. The molecule has 6 atom stereocenters. The third-order valence-corrected chi connectivity index (χ3v) is 6.98. The molecule has 6 unspecified atom stereocenters. The molecule has 230 valence electrons. The summed E-state index contributed by atoms with van der Waals surface area (Å²) >= 11 is 0. The van der Waals surface area contributed by atoms with Gasteiger partial charge in [0.05, 0.1) is 19.8 Å². The summed E-state index contributed by atoms with van der Waals surface area (Å²) in [6.07, 6.45) is 15.9. The first-order chi connectivity index (χ1) is 18.9. The van der Waals surface area contributed by atoms with E-state index in [0.29, 0.717) is 6.61 Å². The van der Waals surface area contributed by atoms with Crippen LogP contribution < -0.4 is 0 Å². The Labute approximate surface area is 235 Å². The average Bonchev–Trinajstić information content (AvgIpc) is 2.92. The zero-order valence-corrected chi connectivity index (χ0v) is 24.4. The fourth-order valence-corrected chi connectivity index (χ4v) is 4.60. The summed E-state index contributed by atoms with van der Waals surface area (Å²) in [5.41, 5.74) is 0. The van der Waals surface area contributed by atoms with Gasteiger partial charge in [-0.05, 0) is 32.1 Å². The monoisotopic (exact) mass is 560 g/mol. The number of unbranched alkanes of at least 4 members (excludes halogenated alkanes) is 13. The third kappa shape index (κ3) is 17.4. The first-order valence-electron chi connectivity index (χ1n) is 15.2. The van der Waals surface area contributed by atoms with Crippen molar-refractivity contribution < 1.29 is 44.2 Å². The van der Waals surface area contributed by atoms with E-state index in [1.165, 1.54) is 90.4 Å². The number of hydrogen-bond acceptors (Lipinski definition) is 9. The highest BCUT2D eigenvalue weighted by Crippen LogP contribution is 2.22. The smallest absolute Gasteiger partial charge is 0.303 e. The minimum absolute atomic E-state index is 0.127. The van der Waals surface area contributed by atoms with Crippen LogP contribution in [-0.2, 0) is 23.7 Å². The molecule has 1 fully saturated rings. The van der Waals surface area contributed by atoms with Gasteiger partial charge < -0.3 is 39.4 Å². The van der Waals surface area contributed by atoms with Crippen LogP contribution >= 0.6 is 0 Å². The van der Waals surface area contributed by atoms with Crippen molar-refractivity contribution in [3.05, 3.63) is 12.2 Å². The molecule has 0 bridgehead atoms. The van der Waals surface area contributed by atoms with Gasteiger partial charge in [0.15, 0.2) is 6.29 Å². The van der Waals surface area contributed by atoms with Gasteiger partial charge in [-0.1, -0.05) is 83.3 Å². The van der Waals surface area contributed by atoms with E-state index >= 15 is 0 Å². The second-order valence-corrected chi connectivity index (χ2v) is 10.6. The molecular weight excluding hydrogens is 504 g/mol. The lowest BCUT2D eigenvalue weighted by molar-refractivity contribution is -0.305. The summed E-state index contributed by atoms with van der Waals surface area (Å²) in [6.45, 7) is 3.54. The van der Waals surface area contributed by atoms with Crippen molar-refractivity contribution in [1.82, 2.24) is 0 Å². The summed E-state index contributed by atoms with van der Waals surface area (Å²) in [5.74, 6) is -0.492. The molecule has 1 aliphatic heterocycles. The minimum atomic E-state index is -1.53. The Kier molecular flexibility index (Phi) is 21.8. The third-order valence-electron chi connectivity index (χ3n) is 6.98. The summed E-state index contributed by atoms with van der Waals surface area (Å²) in [4.78, 5) is 11.4. The van der Waals surface area contributed by atoms with Gasteiger partial charge in [-0.15, -0.1) is 0 Å². The van der Waals surface area contributed by atoms with E-state index < -0.39 is 49.4 Å². The van der Waals surface area contributed by atoms with Crippen molar-refractivity contribution >= 4 is 5.97 Å². The molecule has 9 heteroatoms. The molecule has 0 radical (unpaired) electrons. The molecule has 1 heterocycles. The van der Waals surface area contributed by atoms with E-state index in [1.54, 1.807) is 0 Å². The zero-order chi connectivity index (χ0) is 28.7. The molecule has 1 saturated heterocycles. The highest BCUT2D eigenvalue weighted by atomic mass is 16.7. The van der Waals surface area contributed by atoms with E-state index in [0.717, 1.165) is 12.8 Å². The lowest BCUT2D eigenvalue weighted by atomic mass is 9.99.